The van der Waals surface area contributed by atoms with Crippen LogP contribution in [0.15, 0.2) is 30.3 Å². The predicted octanol–water partition coefficient (Wildman–Crippen LogP) is 2.13. The Bertz CT molecular complexity index is 370. The number of carbonyl (C=O) groups is 1. The maximum atomic E-state index is 11.8. The molecule has 92 valence electrons. The highest BCUT2D eigenvalue weighted by Gasteiger charge is 2.33. The van der Waals surface area contributed by atoms with Gasteiger partial charge in [0.05, 0.1) is 0 Å². The highest BCUT2D eigenvalue weighted by atomic mass is 16.6. The van der Waals surface area contributed by atoms with Gasteiger partial charge < -0.3 is 9.84 Å². The molecule has 0 radical (unpaired) electrons. The first-order chi connectivity index (χ1) is 8.18. The van der Waals surface area contributed by atoms with Gasteiger partial charge in [-0.15, -0.1) is 0 Å². The summed E-state index contributed by atoms with van der Waals surface area (Å²) in [5.41, 5.74) is 0.946. The van der Waals surface area contributed by atoms with Gasteiger partial charge in [-0.2, -0.15) is 0 Å². The molecule has 0 aromatic heterocycles. The standard InChI is InChI=1S/C13H17NO3/c1-10-7-8-12(15)14(10)13(16)17-9-11-5-3-2-4-6-11/h2-6,10,12,15H,7-9H2,1H3. The van der Waals surface area contributed by atoms with Gasteiger partial charge >= 0.3 is 6.09 Å². The van der Waals surface area contributed by atoms with E-state index in [2.05, 4.69) is 0 Å². The monoisotopic (exact) mass is 235 g/mol. The highest BCUT2D eigenvalue weighted by molar-refractivity contribution is 5.68. The van der Waals surface area contributed by atoms with Crippen molar-refractivity contribution < 1.29 is 14.6 Å². The molecule has 2 atom stereocenters. The van der Waals surface area contributed by atoms with Crippen LogP contribution in [-0.2, 0) is 11.3 Å². The minimum atomic E-state index is -0.701. The van der Waals surface area contributed by atoms with E-state index in [4.69, 9.17) is 4.74 Å². The summed E-state index contributed by atoms with van der Waals surface area (Å²) in [6, 6.07) is 9.56. The largest absolute Gasteiger partial charge is 0.444 e. The van der Waals surface area contributed by atoms with Crippen LogP contribution in [0.3, 0.4) is 0 Å². The molecular formula is C13H17NO3. The lowest BCUT2D eigenvalue weighted by Crippen LogP contribution is -2.40. The molecular weight excluding hydrogens is 218 g/mol. The van der Waals surface area contributed by atoms with E-state index in [0.29, 0.717) is 6.42 Å². The second kappa shape index (κ2) is 5.19. The first-order valence-corrected chi connectivity index (χ1v) is 5.85. The van der Waals surface area contributed by atoms with Crippen molar-refractivity contribution in [3.05, 3.63) is 35.9 Å². The summed E-state index contributed by atoms with van der Waals surface area (Å²) in [5.74, 6) is 0. The molecule has 2 unspecified atom stereocenters. The lowest BCUT2D eigenvalue weighted by atomic mass is 10.2. The summed E-state index contributed by atoms with van der Waals surface area (Å²) in [6.07, 6.45) is 0.308. The maximum absolute atomic E-state index is 11.8. The van der Waals surface area contributed by atoms with E-state index >= 15 is 0 Å². The zero-order chi connectivity index (χ0) is 12.3. The van der Waals surface area contributed by atoms with Gasteiger partial charge in [-0.25, -0.2) is 4.79 Å². The summed E-state index contributed by atoms with van der Waals surface area (Å²) in [6.45, 7) is 2.16. The van der Waals surface area contributed by atoms with Gasteiger partial charge in [-0.05, 0) is 25.3 Å². The van der Waals surface area contributed by atoms with E-state index in [1.807, 2.05) is 37.3 Å². The highest BCUT2D eigenvalue weighted by Crippen LogP contribution is 2.23. The van der Waals surface area contributed by atoms with Gasteiger partial charge in [-0.3, -0.25) is 4.90 Å². The molecule has 1 amide bonds. The molecule has 0 saturated carbocycles. The molecule has 1 aromatic rings. The van der Waals surface area contributed by atoms with Crippen molar-refractivity contribution in [1.29, 1.82) is 0 Å². The maximum Gasteiger partial charge on any atom is 0.412 e. The van der Waals surface area contributed by atoms with Crippen LogP contribution in [0.25, 0.3) is 0 Å². The van der Waals surface area contributed by atoms with Gasteiger partial charge in [0.1, 0.15) is 12.8 Å². The molecule has 17 heavy (non-hydrogen) atoms. The molecule has 1 aliphatic rings. The lowest BCUT2D eigenvalue weighted by molar-refractivity contribution is 0.00943. The Morgan fingerprint density at radius 1 is 1.41 bits per heavy atom. The van der Waals surface area contributed by atoms with Crippen molar-refractivity contribution in [2.45, 2.75) is 38.6 Å². The Morgan fingerprint density at radius 2 is 2.12 bits per heavy atom. The van der Waals surface area contributed by atoms with Crippen LogP contribution in [0.2, 0.25) is 0 Å². The fourth-order valence-electron chi connectivity index (χ4n) is 2.06. The first-order valence-electron chi connectivity index (χ1n) is 5.85. The first kappa shape index (κ1) is 11.9. The molecule has 1 N–H and O–H groups in total. The van der Waals surface area contributed by atoms with Crippen LogP contribution >= 0.6 is 0 Å². The van der Waals surface area contributed by atoms with Crippen LogP contribution in [0.4, 0.5) is 4.79 Å². The van der Waals surface area contributed by atoms with E-state index in [-0.39, 0.29) is 12.6 Å². The number of aliphatic hydroxyl groups excluding tert-OH is 1. The summed E-state index contributed by atoms with van der Waals surface area (Å²) >= 11 is 0. The Balaban J connectivity index is 1.89. The molecule has 0 aliphatic carbocycles. The van der Waals surface area contributed by atoms with Crippen molar-refractivity contribution in [1.82, 2.24) is 4.90 Å². The van der Waals surface area contributed by atoms with Crippen LogP contribution in [0, 0.1) is 0 Å². The number of carbonyl (C=O) groups excluding carboxylic acids is 1. The summed E-state index contributed by atoms with van der Waals surface area (Å²) < 4.78 is 5.18. The normalized spacial score (nSPS) is 23.8. The third kappa shape index (κ3) is 2.77. The van der Waals surface area contributed by atoms with E-state index in [0.717, 1.165) is 12.0 Å². The van der Waals surface area contributed by atoms with Crippen molar-refractivity contribution in [3.8, 4) is 0 Å². The van der Waals surface area contributed by atoms with Crippen LogP contribution < -0.4 is 0 Å². The second-order valence-electron chi connectivity index (χ2n) is 4.35. The number of ether oxygens (including phenoxy) is 1. The average molecular weight is 235 g/mol. The topological polar surface area (TPSA) is 49.8 Å². The minimum Gasteiger partial charge on any atom is -0.444 e. The van der Waals surface area contributed by atoms with E-state index in [1.165, 1.54) is 4.90 Å². The smallest absolute Gasteiger partial charge is 0.412 e. The van der Waals surface area contributed by atoms with E-state index < -0.39 is 12.3 Å². The number of hydrogen-bond donors (Lipinski definition) is 1. The summed E-state index contributed by atoms with van der Waals surface area (Å²) in [7, 11) is 0. The van der Waals surface area contributed by atoms with Crippen LogP contribution in [0.1, 0.15) is 25.3 Å². The Morgan fingerprint density at radius 3 is 2.71 bits per heavy atom. The van der Waals surface area contributed by atoms with Gasteiger partial charge in [-0.1, -0.05) is 30.3 Å². The second-order valence-corrected chi connectivity index (χ2v) is 4.35. The lowest BCUT2D eigenvalue weighted by Gasteiger charge is -2.24. The third-order valence-corrected chi connectivity index (χ3v) is 3.05. The van der Waals surface area contributed by atoms with Gasteiger partial charge in [0.2, 0.25) is 0 Å². The Kier molecular flexibility index (Phi) is 3.64. The van der Waals surface area contributed by atoms with Crippen molar-refractivity contribution in [2.24, 2.45) is 0 Å². The number of likely N-dealkylation sites (tertiary alicyclic amines) is 1. The van der Waals surface area contributed by atoms with Crippen molar-refractivity contribution >= 4 is 6.09 Å². The number of amides is 1. The number of nitrogens with zero attached hydrogens (tertiary/aromatic N) is 1. The molecule has 1 saturated heterocycles. The van der Waals surface area contributed by atoms with Crippen molar-refractivity contribution in [2.75, 3.05) is 0 Å². The predicted molar refractivity (Wildman–Crippen MR) is 63.2 cm³/mol. The SMILES string of the molecule is CC1CCC(O)N1C(=O)OCc1ccccc1. The van der Waals surface area contributed by atoms with Crippen LogP contribution in [-0.4, -0.2) is 28.4 Å². The molecule has 4 heteroatoms. The van der Waals surface area contributed by atoms with Crippen molar-refractivity contribution in [3.63, 3.8) is 0 Å². The summed E-state index contributed by atoms with van der Waals surface area (Å²) in [4.78, 5) is 13.2. The van der Waals surface area contributed by atoms with E-state index in [1.54, 1.807) is 0 Å². The van der Waals surface area contributed by atoms with Crippen LogP contribution in [0.5, 0.6) is 0 Å². The minimum absolute atomic E-state index is 0.0493. The van der Waals surface area contributed by atoms with E-state index in [9.17, 15) is 9.90 Å². The van der Waals surface area contributed by atoms with Gasteiger partial charge in [0.15, 0.2) is 0 Å². The summed E-state index contributed by atoms with van der Waals surface area (Å²) in [5, 5.41) is 9.65. The molecule has 1 heterocycles. The Labute approximate surface area is 101 Å². The molecule has 0 spiro atoms. The zero-order valence-electron chi connectivity index (χ0n) is 9.87. The Hall–Kier alpha value is -1.55. The quantitative estimate of drug-likeness (QED) is 0.854. The molecule has 1 aromatic carbocycles. The number of hydrogen-bond acceptors (Lipinski definition) is 3. The number of benzene rings is 1. The molecule has 1 aliphatic heterocycles. The number of rotatable bonds is 2. The fourth-order valence-corrected chi connectivity index (χ4v) is 2.06. The van der Waals surface area contributed by atoms with Gasteiger partial charge in [0.25, 0.3) is 0 Å². The fraction of sp³-hybridized carbons (Fsp3) is 0.462. The van der Waals surface area contributed by atoms with Gasteiger partial charge in [0, 0.05) is 6.04 Å². The number of aliphatic hydroxyl groups is 1. The average Bonchev–Trinajstić information content (AvgIpc) is 2.67. The molecule has 1 fully saturated rings. The molecule has 2 rings (SSSR count). The third-order valence-electron chi connectivity index (χ3n) is 3.05. The zero-order valence-corrected chi connectivity index (χ0v) is 9.87. The molecule has 0 bridgehead atoms. The molecule has 4 nitrogen and oxygen atoms in total.